The van der Waals surface area contributed by atoms with Gasteiger partial charge in [-0.1, -0.05) is 18.2 Å². The molecular weight excluding hydrogens is 238 g/mol. The van der Waals surface area contributed by atoms with Crippen LogP contribution in [0.25, 0.3) is 11.5 Å². The molecule has 1 aromatic carbocycles. The Morgan fingerprint density at radius 2 is 2.05 bits per heavy atom. The number of hydrogen-bond acceptors (Lipinski definition) is 4. The Morgan fingerprint density at radius 3 is 2.95 bits per heavy atom. The summed E-state index contributed by atoms with van der Waals surface area (Å²) in [6.07, 6.45) is 2.98. The van der Waals surface area contributed by atoms with Crippen molar-refractivity contribution in [2.75, 3.05) is 26.2 Å². The third kappa shape index (κ3) is 3.22. The van der Waals surface area contributed by atoms with Gasteiger partial charge in [0.2, 0.25) is 5.89 Å². The van der Waals surface area contributed by atoms with Gasteiger partial charge in [0.25, 0.3) is 0 Å². The molecule has 1 aliphatic heterocycles. The normalized spacial score (nSPS) is 17.3. The standard InChI is InChI=1S/C15H19N3O/c1-2-5-13(6-3-1)15-17-14(12-19-15)11-18-9-4-7-16-8-10-18/h1-3,5-6,12,16H,4,7-11H2. The molecule has 1 N–H and O–H groups in total. The van der Waals surface area contributed by atoms with Crippen LogP contribution in [-0.4, -0.2) is 36.1 Å². The molecule has 0 bridgehead atoms. The SMILES string of the molecule is c1ccc(-c2nc(CN3CCCNCC3)co2)cc1. The molecule has 4 nitrogen and oxygen atoms in total. The topological polar surface area (TPSA) is 41.3 Å². The summed E-state index contributed by atoms with van der Waals surface area (Å²) in [6.45, 7) is 5.25. The highest BCUT2D eigenvalue weighted by atomic mass is 16.3. The molecule has 2 heterocycles. The van der Waals surface area contributed by atoms with Crippen LogP contribution in [-0.2, 0) is 6.54 Å². The van der Waals surface area contributed by atoms with Crippen molar-refractivity contribution < 1.29 is 4.42 Å². The molecule has 0 aliphatic carbocycles. The van der Waals surface area contributed by atoms with E-state index in [9.17, 15) is 0 Å². The second-order valence-electron chi connectivity index (χ2n) is 4.89. The van der Waals surface area contributed by atoms with E-state index in [0.717, 1.165) is 44.0 Å². The number of oxazole rings is 1. The fraction of sp³-hybridized carbons (Fsp3) is 0.400. The Hall–Kier alpha value is -1.65. The molecule has 0 amide bonds. The van der Waals surface area contributed by atoms with Crippen LogP contribution in [0.3, 0.4) is 0 Å². The maximum atomic E-state index is 5.57. The largest absolute Gasteiger partial charge is 0.444 e. The van der Waals surface area contributed by atoms with E-state index in [1.54, 1.807) is 6.26 Å². The van der Waals surface area contributed by atoms with Crippen molar-refractivity contribution in [2.45, 2.75) is 13.0 Å². The summed E-state index contributed by atoms with van der Waals surface area (Å²) in [7, 11) is 0. The Morgan fingerprint density at radius 1 is 1.16 bits per heavy atom. The summed E-state index contributed by atoms with van der Waals surface area (Å²) in [5.74, 6) is 0.712. The Balaban J connectivity index is 1.68. The van der Waals surface area contributed by atoms with E-state index >= 15 is 0 Å². The first kappa shape index (κ1) is 12.4. The monoisotopic (exact) mass is 257 g/mol. The minimum Gasteiger partial charge on any atom is -0.444 e. The van der Waals surface area contributed by atoms with E-state index in [0.29, 0.717) is 5.89 Å². The number of rotatable bonds is 3. The van der Waals surface area contributed by atoms with Crippen molar-refractivity contribution >= 4 is 0 Å². The molecule has 2 aromatic rings. The lowest BCUT2D eigenvalue weighted by Crippen LogP contribution is -2.27. The fourth-order valence-electron chi connectivity index (χ4n) is 2.38. The molecular formula is C15H19N3O. The van der Waals surface area contributed by atoms with Gasteiger partial charge in [0, 0.05) is 25.2 Å². The summed E-state index contributed by atoms with van der Waals surface area (Å²) in [4.78, 5) is 7.00. The zero-order chi connectivity index (χ0) is 12.9. The zero-order valence-corrected chi connectivity index (χ0v) is 11.0. The number of aromatic nitrogens is 1. The number of hydrogen-bond donors (Lipinski definition) is 1. The van der Waals surface area contributed by atoms with Gasteiger partial charge in [0.1, 0.15) is 6.26 Å². The third-order valence-corrected chi connectivity index (χ3v) is 3.39. The van der Waals surface area contributed by atoms with Gasteiger partial charge in [-0.2, -0.15) is 0 Å². The summed E-state index contributed by atoms with van der Waals surface area (Å²) in [5.41, 5.74) is 2.05. The number of nitrogens with one attached hydrogen (secondary N) is 1. The van der Waals surface area contributed by atoms with Crippen LogP contribution in [0.1, 0.15) is 12.1 Å². The highest BCUT2D eigenvalue weighted by Gasteiger charge is 2.12. The second-order valence-corrected chi connectivity index (χ2v) is 4.89. The summed E-state index contributed by atoms with van der Waals surface area (Å²) in [5, 5.41) is 3.41. The van der Waals surface area contributed by atoms with Crippen LogP contribution in [0, 0.1) is 0 Å². The molecule has 0 spiro atoms. The maximum Gasteiger partial charge on any atom is 0.226 e. The van der Waals surface area contributed by atoms with Gasteiger partial charge in [-0.25, -0.2) is 4.98 Å². The van der Waals surface area contributed by atoms with Gasteiger partial charge in [0.05, 0.1) is 5.69 Å². The van der Waals surface area contributed by atoms with Crippen LogP contribution >= 0.6 is 0 Å². The highest BCUT2D eigenvalue weighted by Crippen LogP contribution is 2.18. The highest BCUT2D eigenvalue weighted by molar-refractivity contribution is 5.52. The number of benzene rings is 1. The van der Waals surface area contributed by atoms with Crippen molar-refractivity contribution in [2.24, 2.45) is 0 Å². The molecule has 0 saturated carbocycles. The van der Waals surface area contributed by atoms with Crippen LogP contribution in [0.2, 0.25) is 0 Å². The smallest absolute Gasteiger partial charge is 0.226 e. The molecule has 1 aromatic heterocycles. The van der Waals surface area contributed by atoms with E-state index < -0.39 is 0 Å². The van der Waals surface area contributed by atoms with Gasteiger partial charge >= 0.3 is 0 Å². The average Bonchev–Trinajstić information content (AvgIpc) is 2.76. The van der Waals surface area contributed by atoms with Crippen LogP contribution in [0.15, 0.2) is 41.0 Å². The summed E-state index contributed by atoms with van der Waals surface area (Å²) >= 11 is 0. The van der Waals surface area contributed by atoms with Crippen molar-refractivity contribution in [3.05, 3.63) is 42.3 Å². The van der Waals surface area contributed by atoms with Crippen LogP contribution in [0.5, 0.6) is 0 Å². The van der Waals surface area contributed by atoms with Gasteiger partial charge < -0.3 is 9.73 Å². The van der Waals surface area contributed by atoms with E-state index in [1.807, 2.05) is 30.3 Å². The van der Waals surface area contributed by atoms with Crippen LogP contribution in [0.4, 0.5) is 0 Å². The molecule has 1 aliphatic rings. The molecule has 100 valence electrons. The first-order valence-corrected chi connectivity index (χ1v) is 6.85. The predicted molar refractivity (Wildman–Crippen MR) is 74.7 cm³/mol. The van der Waals surface area contributed by atoms with E-state index in [1.165, 1.54) is 6.42 Å². The quantitative estimate of drug-likeness (QED) is 0.914. The van der Waals surface area contributed by atoms with Gasteiger partial charge in [-0.3, -0.25) is 4.90 Å². The first-order chi connectivity index (χ1) is 9.42. The second kappa shape index (κ2) is 5.99. The maximum absolute atomic E-state index is 5.57. The Bertz CT molecular complexity index is 501. The van der Waals surface area contributed by atoms with E-state index in [4.69, 9.17) is 4.42 Å². The first-order valence-electron chi connectivity index (χ1n) is 6.85. The minimum atomic E-state index is 0.712. The molecule has 0 atom stereocenters. The lowest BCUT2D eigenvalue weighted by Gasteiger charge is -2.17. The summed E-state index contributed by atoms with van der Waals surface area (Å²) < 4.78 is 5.57. The van der Waals surface area contributed by atoms with Crippen molar-refractivity contribution in [3.8, 4) is 11.5 Å². The van der Waals surface area contributed by atoms with Crippen molar-refractivity contribution in [1.82, 2.24) is 15.2 Å². The molecule has 1 fully saturated rings. The molecule has 19 heavy (non-hydrogen) atoms. The number of nitrogens with zero attached hydrogens (tertiary/aromatic N) is 2. The molecule has 1 saturated heterocycles. The molecule has 0 unspecified atom stereocenters. The van der Waals surface area contributed by atoms with Crippen LogP contribution < -0.4 is 5.32 Å². The summed E-state index contributed by atoms with van der Waals surface area (Å²) in [6, 6.07) is 10.0. The van der Waals surface area contributed by atoms with Gasteiger partial charge in [-0.05, 0) is 31.6 Å². The van der Waals surface area contributed by atoms with Crippen molar-refractivity contribution in [3.63, 3.8) is 0 Å². The fourth-order valence-corrected chi connectivity index (χ4v) is 2.38. The minimum absolute atomic E-state index is 0.712. The molecule has 0 radical (unpaired) electrons. The lowest BCUT2D eigenvalue weighted by atomic mass is 10.2. The van der Waals surface area contributed by atoms with E-state index in [-0.39, 0.29) is 0 Å². The van der Waals surface area contributed by atoms with E-state index in [2.05, 4.69) is 15.2 Å². The predicted octanol–water partition coefficient (Wildman–Crippen LogP) is 2.14. The average molecular weight is 257 g/mol. The van der Waals surface area contributed by atoms with Gasteiger partial charge in [-0.15, -0.1) is 0 Å². The van der Waals surface area contributed by atoms with Crippen molar-refractivity contribution in [1.29, 1.82) is 0 Å². The Labute approximate surface area is 113 Å². The molecule has 3 rings (SSSR count). The lowest BCUT2D eigenvalue weighted by molar-refractivity contribution is 0.281. The third-order valence-electron chi connectivity index (χ3n) is 3.39. The Kier molecular flexibility index (Phi) is 3.91. The molecule has 4 heteroatoms. The van der Waals surface area contributed by atoms with Gasteiger partial charge in [0.15, 0.2) is 0 Å². The zero-order valence-electron chi connectivity index (χ0n) is 11.0.